The number of hydrogen-bond donors (Lipinski definition) is 2. The maximum Gasteiger partial charge on any atom is 0.303 e. The quantitative estimate of drug-likeness (QED) is 0.802. The lowest BCUT2D eigenvalue weighted by Crippen LogP contribution is -2.53. The van der Waals surface area contributed by atoms with Crippen molar-refractivity contribution in [2.24, 2.45) is 28.6 Å². The zero-order valence-electron chi connectivity index (χ0n) is 15.8. The molecule has 0 aliphatic heterocycles. The van der Waals surface area contributed by atoms with Gasteiger partial charge in [0.2, 0.25) is 0 Å². The van der Waals surface area contributed by atoms with Crippen LogP contribution in [0, 0.1) is 28.6 Å². The number of rotatable bonds is 3. The highest BCUT2D eigenvalue weighted by Gasteiger charge is 2.62. The first-order chi connectivity index (χ1) is 12.2. The number of carboxylic acid groups (broad SMARTS) is 1. The van der Waals surface area contributed by atoms with Crippen molar-refractivity contribution >= 4 is 11.8 Å². The Bertz CT molecular complexity index is 707. The number of carbonyl (C=O) groups is 2. The molecule has 26 heavy (non-hydrogen) atoms. The number of aliphatic carboxylic acids is 1. The van der Waals surface area contributed by atoms with Gasteiger partial charge in [0, 0.05) is 12.8 Å². The fourth-order valence-electron chi connectivity index (χ4n) is 6.83. The molecule has 0 spiro atoms. The molecule has 4 rings (SSSR count). The van der Waals surface area contributed by atoms with Crippen molar-refractivity contribution in [3.8, 4) is 0 Å². The SMILES string of the molecule is C[C@]12CCC3C(C=CC4=CC(=O)CC[C@]43C)C1CC[C@]2(O)CCC(=O)O. The highest BCUT2D eigenvalue weighted by Crippen LogP contribution is 2.66. The van der Waals surface area contributed by atoms with Gasteiger partial charge < -0.3 is 10.2 Å². The lowest BCUT2D eigenvalue weighted by atomic mass is 9.48. The standard InChI is InChI=1S/C22H30O4/c1-20-9-5-15(23)13-14(20)3-4-16-17(20)6-10-21(2)18(16)7-11-22(21,26)12-8-19(24)25/h3-4,13,16-18,26H,5-12H2,1-2H3,(H,24,25)/t16?,17?,18?,20-,21+,22+/m1/s1. The lowest BCUT2D eigenvalue weighted by Gasteiger charge is -2.57. The van der Waals surface area contributed by atoms with E-state index < -0.39 is 11.6 Å². The van der Waals surface area contributed by atoms with Crippen LogP contribution in [0.15, 0.2) is 23.8 Å². The molecule has 0 saturated heterocycles. The number of carbonyl (C=O) groups excluding carboxylic acids is 1. The van der Waals surface area contributed by atoms with Gasteiger partial charge in [-0.15, -0.1) is 0 Å². The summed E-state index contributed by atoms with van der Waals surface area (Å²) in [5.41, 5.74) is 0.179. The Hall–Kier alpha value is -1.42. The Morgan fingerprint density at radius 2 is 1.92 bits per heavy atom. The molecule has 0 aromatic heterocycles. The minimum Gasteiger partial charge on any atom is -0.481 e. The van der Waals surface area contributed by atoms with Crippen LogP contribution in [0.4, 0.5) is 0 Å². The van der Waals surface area contributed by atoms with Crippen molar-refractivity contribution in [1.29, 1.82) is 0 Å². The number of hydrogen-bond acceptors (Lipinski definition) is 3. The summed E-state index contributed by atoms with van der Waals surface area (Å²) in [6.07, 6.45) is 11.9. The molecule has 0 radical (unpaired) electrons. The molecule has 4 aliphatic carbocycles. The van der Waals surface area contributed by atoms with Crippen molar-refractivity contribution < 1.29 is 19.8 Å². The number of aliphatic hydroxyl groups is 1. The predicted molar refractivity (Wildman–Crippen MR) is 98.4 cm³/mol. The molecule has 2 fully saturated rings. The number of ketones is 1. The van der Waals surface area contributed by atoms with Crippen LogP contribution in [-0.2, 0) is 9.59 Å². The van der Waals surface area contributed by atoms with E-state index in [1.807, 2.05) is 6.08 Å². The van der Waals surface area contributed by atoms with Crippen LogP contribution in [0.2, 0.25) is 0 Å². The maximum atomic E-state index is 11.9. The van der Waals surface area contributed by atoms with E-state index in [2.05, 4.69) is 26.0 Å². The van der Waals surface area contributed by atoms with E-state index in [4.69, 9.17) is 5.11 Å². The summed E-state index contributed by atoms with van der Waals surface area (Å²) in [7, 11) is 0. The van der Waals surface area contributed by atoms with Gasteiger partial charge >= 0.3 is 5.97 Å². The average Bonchev–Trinajstić information content (AvgIpc) is 2.86. The third-order valence-electron chi connectivity index (χ3n) is 8.59. The summed E-state index contributed by atoms with van der Waals surface area (Å²) >= 11 is 0. The Morgan fingerprint density at radius 1 is 1.19 bits per heavy atom. The molecule has 4 nitrogen and oxygen atoms in total. The van der Waals surface area contributed by atoms with Gasteiger partial charge in [0.05, 0.1) is 5.60 Å². The highest BCUT2D eigenvalue weighted by molar-refractivity contribution is 5.92. The van der Waals surface area contributed by atoms with Gasteiger partial charge in [-0.1, -0.05) is 26.0 Å². The van der Waals surface area contributed by atoms with Crippen LogP contribution in [-0.4, -0.2) is 27.6 Å². The normalized spacial score (nSPS) is 47.0. The van der Waals surface area contributed by atoms with Crippen LogP contribution in [0.3, 0.4) is 0 Å². The second-order valence-corrected chi connectivity index (χ2v) is 9.55. The van der Waals surface area contributed by atoms with E-state index in [0.717, 1.165) is 25.7 Å². The van der Waals surface area contributed by atoms with Crippen LogP contribution in [0.5, 0.6) is 0 Å². The first-order valence-corrected chi connectivity index (χ1v) is 10.1. The van der Waals surface area contributed by atoms with Crippen molar-refractivity contribution in [2.75, 3.05) is 0 Å². The maximum absolute atomic E-state index is 11.9. The van der Waals surface area contributed by atoms with Crippen molar-refractivity contribution in [3.05, 3.63) is 23.8 Å². The van der Waals surface area contributed by atoms with E-state index in [0.29, 0.717) is 37.0 Å². The van der Waals surface area contributed by atoms with Gasteiger partial charge in [0.1, 0.15) is 0 Å². The van der Waals surface area contributed by atoms with Crippen LogP contribution in [0.25, 0.3) is 0 Å². The van der Waals surface area contributed by atoms with Crippen LogP contribution in [0.1, 0.15) is 65.2 Å². The molecule has 0 heterocycles. The van der Waals surface area contributed by atoms with Crippen LogP contribution < -0.4 is 0 Å². The molecule has 142 valence electrons. The first-order valence-electron chi connectivity index (χ1n) is 10.1. The molecule has 3 unspecified atom stereocenters. The molecule has 0 aromatic carbocycles. The fourth-order valence-corrected chi connectivity index (χ4v) is 6.83. The zero-order chi connectivity index (χ0) is 18.7. The topological polar surface area (TPSA) is 74.6 Å². The number of allylic oxidation sites excluding steroid dienone is 4. The smallest absolute Gasteiger partial charge is 0.303 e. The Kier molecular flexibility index (Phi) is 4.00. The molecular formula is C22H30O4. The predicted octanol–water partition coefficient (Wildman–Crippen LogP) is 3.89. The monoisotopic (exact) mass is 358 g/mol. The Labute approximate surface area is 155 Å². The van der Waals surface area contributed by atoms with Crippen molar-refractivity contribution in [2.45, 2.75) is 70.8 Å². The minimum absolute atomic E-state index is 0.0372. The first kappa shape index (κ1) is 18.0. The lowest BCUT2D eigenvalue weighted by molar-refractivity contribution is -0.144. The van der Waals surface area contributed by atoms with Crippen LogP contribution >= 0.6 is 0 Å². The molecule has 0 bridgehead atoms. The van der Waals surface area contributed by atoms with Gasteiger partial charge in [-0.05, 0) is 78.8 Å². The van der Waals surface area contributed by atoms with E-state index in [1.54, 1.807) is 0 Å². The highest BCUT2D eigenvalue weighted by atomic mass is 16.4. The number of fused-ring (bicyclic) bond motifs is 5. The summed E-state index contributed by atoms with van der Waals surface area (Å²) in [5, 5.41) is 20.5. The van der Waals surface area contributed by atoms with E-state index in [-0.39, 0.29) is 23.0 Å². The summed E-state index contributed by atoms with van der Waals surface area (Å²) < 4.78 is 0. The van der Waals surface area contributed by atoms with E-state index >= 15 is 0 Å². The minimum atomic E-state index is -0.867. The summed E-state index contributed by atoms with van der Waals surface area (Å²) in [4.78, 5) is 22.9. The second-order valence-electron chi connectivity index (χ2n) is 9.55. The molecule has 2 N–H and O–H groups in total. The van der Waals surface area contributed by atoms with Gasteiger partial charge in [0.15, 0.2) is 5.78 Å². The molecule has 0 amide bonds. The largest absolute Gasteiger partial charge is 0.481 e. The van der Waals surface area contributed by atoms with Gasteiger partial charge in [0.25, 0.3) is 0 Å². The summed E-state index contributed by atoms with van der Waals surface area (Å²) in [5.74, 6) is 0.748. The summed E-state index contributed by atoms with van der Waals surface area (Å²) in [6, 6.07) is 0. The van der Waals surface area contributed by atoms with Gasteiger partial charge in [-0.2, -0.15) is 0 Å². The second kappa shape index (κ2) is 5.79. The molecule has 2 saturated carbocycles. The van der Waals surface area contributed by atoms with Crippen molar-refractivity contribution in [1.82, 2.24) is 0 Å². The molecule has 6 atom stereocenters. The molecule has 4 heteroatoms. The van der Waals surface area contributed by atoms with E-state index in [1.165, 1.54) is 5.57 Å². The van der Waals surface area contributed by atoms with E-state index in [9.17, 15) is 14.7 Å². The fraction of sp³-hybridized carbons (Fsp3) is 0.727. The molecule has 4 aliphatic rings. The number of carboxylic acids is 1. The average molecular weight is 358 g/mol. The zero-order valence-corrected chi connectivity index (χ0v) is 15.8. The molecular weight excluding hydrogens is 328 g/mol. The van der Waals surface area contributed by atoms with Gasteiger partial charge in [-0.3, -0.25) is 9.59 Å². The third kappa shape index (κ3) is 2.37. The summed E-state index contributed by atoms with van der Waals surface area (Å²) in [6.45, 7) is 4.51. The third-order valence-corrected chi connectivity index (χ3v) is 8.59. The van der Waals surface area contributed by atoms with Crippen molar-refractivity contribution in [3.63, 3.8) is 0 Å². The Morgan fingerprint density at radius 3 is 2.65 bits per heavy atom. The van der Waals surface area contributed by atoms with Gasteiger partial charge in [-0.25, -0.2) is 0 Å². The Balaban J connectivity index is 1.66. The molecule has 0 aromatic rings.